The van der Waals surface area contributed by atoms with E-state index in [0.29, 0.717) is 0 Å². The van der Waals surface area contributed by atoms with Gasteiger partial charge >= 0.3 is 0 Å². The molecule has 1 aromatic heterocycles. The third-order valence-corrected chi connectivity index (χ3v) is 3.36. The smallest absolute Gasteiger partial charge is 0.257 e. The molecule has 0 aromatic carbocycles. The molecule has 0 bridgehead atoms. The maximum absolute atomic E-state index is 2.33. The monoisotopic (exact) mass is 234 g/mol. The fraction of sp³-hybridized carbons (Fsp3) is 0.571. The van der Waals surface area contributed by atoms with Crippen LogP contribution in [0.25, 0.3) is 0 Å². The molecule has 2 nitrogen and oxygen atoms in total. The molecule has 0 spiro atoms. The van der Waals surface area contributed by atoms with Crippen LogP contribution in [0.1, 0.15) is 0 Å². The van der Waals surface area contributed by atoms with Crippen molar-refractivity contribution in [1.82, 2.24) is 4.23 Å². The van der Waals surface area contributed by atoms with E-state index in [2.05, 4.69) is 54.2 Å². The molecule has 0 amide bonds. The van der Waals surface area contributed by atoms with Crippen molar-refractivity contribution in [2.45, 2.75) is 19.6 Å². The Balaban J connectivity index is 0.000001000. The van der Waals surface area contributed by atoms with Crippen LogP contribution in [-0.4, -0.2) is 12.5 Å². The lowest BCUT2D eigenvalue weighted by molar-refractivity contribution is -0.670. The minimum atomic E-state index is -1.12. The molecule has 1 aromatic rings. The van der Waals surface area contributed by atoms with E-state index >= 15 is 0 Å². The SMILES string of the molecule is C[n+]1ccn([Si](C)(C)C)c1.[Br-]. The summed E-state index contributed by atoms with van der Waals surface area (Å²) in [5, 5.41) is 0. The highest BCUT2D eigenvalue weighted by Gasteiger charge is 2.22. The van der Waals surface area contributed by atoms with Crippen LogP contribution in [0.2, 0.25) is 19.6 Å². The second-order valence-electron chi connectivity index (χ2n) is 3.66. The van der Waals surface area contributed by atoms with Gasteiger partial charge in [-0.2, -0.15) is 0 Å². The predicted molar refractivity (Wildman–Crippen MR) is 44.4 cm³/mol. The van der Waals surface area contributed by atoms with E-state index in [9.17, 15) is 0 Å². The molecule has 0 N–H and O–H groups in total. The number of rotatable bonds is 1. The molecule has 1 rings (SSSR count). The summed E-state index contributed by atoms with van der Waals surface area (Å²) in [4.78, 5) is 0. The summed E-state index contributed by atoms with van der Waals surface area (Å²) in [6.45, 7) is 6.98. The van der Waals surface area contributed by atoms with Crippen molar-refractivity contribution >= 4 is 8.24 Å². The lowest BCUT2D eigenvalue weighted by Gasteiger charge is -2.09. The van der Waals surface area contributed by atoms with Gasteiger partial charge in [-0.25, -0.2) is 4.57 Å². The third kappa shape index (κ3) is 2.79. The highest BCUT2D eigenvalue weighted by atomic mass is 79.9. The Morgan fingerprint density at radius 3 is 2.00 bits per heavy atom. The Kier molecular flexibility index (Phi) is 3.51. The summed E-state index contributed by atoms with van der Waals surface area (Å²) in [6, 6.07) is 0. The number of aromatic nitrogens is 2. The van der Waals surface area contributed by atoms with Crippen molar-refractivity contribution in [1.29, 1.82) is 0 Å². The molecule has 0 atom stereocenters. The van der Waals surface area contributed by atoms with Crippen LogP contribution in [-0.2, 0) is 7.05 Å². The number of aryl methyl sites for hydroxylation is 1. The van der Waals surface area contributed by atoms with Crippen LogP contribution < -0.4 is 21.5 Å². The second kappa shape index (κ2) is 3.54. The van der Waals surface area contributed by atoms with Gasteiger partial charge in [0.25, 0.3) is 8.24 Å². The average Bonchev–Trinajstić information content (AvgIpc) is 2.11. The molecular formula is C7H15BrN2Si. The zero-order valence-corrected chi connectivity index (χ0v) is 10.1. The molecule has 64 valence electrons. The largest absolute Gasteiger partial charge is 1.00 e. The van der Waals surface area contributed by atoms with Crippen molar-refractivity contribution in [2.24, 2.45) is 7.05 Å². The van der Waals surface area contributed by atoms with Crippen LogP contribution >= 0.6 is 0 Å². The molecule has 0 saturated carbocycles. The molecule has 0 aliphatic heterocycles. The van der Waals surface area contributed by atoms with Gasteiger partial charge in [-0.05, 0) is 19.6 Å². The first-order chi connectivity index (χ1) is 4.50. The second-order valence-corrected chi connectivity index (χ2v) is 8.52. The Morgan fingerprint density at radius 1 is 1.27 bits per heavy atom. The van der Waals surface area contributed by atoms with Gasteiger partial charge in [-0.3, -0.25) is 4.23 Å². The topological polar surface area (TPSA) is 8.81 Å². The molecule has 0 radical (unpaired) electrons. The molecule has 0 aliphatic carbocycles. The zero-order chi connectivity index (χ0) is 7.78. The van der Waals surface area contributed by atoms with Crippen molar-refractivity contribution in [2.75, 3.05) is 0 Å². The zero-order valence-electron chi connectivity index (χ0n) is 7.50. The van der Waals surface area contributed by atoms with Crippen LogP contribution in [0.4, 0.5) is 0 Å². The van der Waals surface area contributed by atoms with E-state index in [0.717, 1.165) is 0 Å². The summed E-state index contributed by atoms with van der Waals surface area (Å²) in [5.41, 5.74) is 0. The number of nitrogens with zero attached hydrogens (tertiary/aromatic N) is 2. The minimum absolute atomic E-state index is 0. The first-order valence-electron chi connectivity index (χ1n) is 3.54. The van der Waals surface area contributed by atoms with Crippen molar-refractivity contribution < 1.29 is 21.5 Å². The van der Waals surface area contributed by atoms with Gasteiger partial charge in [-0.1, -0.05) is 0 Å². The van der Waals surface area contributed by atoms with Crippen molar-refractivity contribution in [3.8, 4) is 0 Å². The molecule has 0 fully saturated rings. The number of hydrogen-bond donors (Lipinski definition) is 0. The predicted octanol–water partition coefficient (Wildman–Crippen LogP) is -2.00. The normalized spacial score (nSPS) is 10.9. The molecule has 11 heavy (non-hydrogen) atoms. The van der Waals surface area contributed by atoms with Gasteiger partial charge in [0.15, 0.2) is 0 Å². The average molecular weight is 235 g/mol. The standard InChI is InChI=1S/C7H15N2Si.BrH/c1-8-5-6-9(7-8)10(2,3)4;/h5-7H,1-4H3;1H/q+1;/p-1. The number of hydrogen-bond acceptors (Lipinski definition) is 0. The third-order valence-electron chi connectivity index (χ3n) is 1.54. The van der Waals surface area contributed by atoms with E-state index in [1.165, 1.54) is 0 Å². The quantitative estimate of drug-likeness (QED) is 0.393. The van der Waals surface area contributed by atoms with Crippen LogP contribution in [0.15, 0.2) is 18.7 Å². The summed E-state index contributed by atoms with van der Waals surface area (Å²) in [7, 11) is 0.936. The number of halogens is 1. The fourth-order valence-electron chi connectivity index (χ4n) is 0.847. The Bertz CT molecular complexity index is 227. The van der Waals surface area contributed by atoms with Crippen LogP contribution in [0.3, 0.4) is 0 Å². The maximum atomic E-state index is 2.33. The van der Waals surface area contributed by atoms with Gasteiger partial charge in [-0.15, -0.1) is 0 Å². The molecule has 0 saturated heterocycles. The van der Waals surface area contributed by atoms with Gasteiger partial charge < -0.3 is 17.0 Å². The first kappa shape index (κ1) is 10.9. The van der Waals surface area contributed by atoms with E-state index in [4.69, 9.17) is 0 Å². The molecule has 4 heteroatoms. The highest BCUT2D eigenvalue weighted by molar-refractivity contribution is 6.74. The van der Waals surface area contributed by atoms with Crippen LogP contribution in [0.5, 0.6) is 0 Å². The van der Waals surface area contributed by atoms with E-state index < -0.39 is 8.24 Å². The van der Waals surface area contributed by atoms with Gasteiger partial charge in [0, 0.05) is 0 Å². The summed E-state index contributed by atoms with van der Waals surface area (Å²) in [5.74, 6) is 0. The lowest BCUT2D eigenvalue weighted by atomic mass is 10.9. The summed E-state index contributed by atoms with van der Waals surface area (Å²) in [6.07, 6.45) is 6.37. The first-order valence-corrected chi connectivity index (χ1v) is 6.98. The van der Waals surface area contributed by atoms with Crippen molar-refractivity contribution in [3.63, 3.8) is 0 Å². The van der Waals surface area contributed by atoms with E-state index in [1.807, 2.05) is 0 Å². The lowest BCUT2D eigenvalue weighted by Crippen LogP contribution is -3.00. The van der Waals surface area contributed by atoms with Crippen molar-refractivity contribution in [3.05, 3.63) is 18.7 Å². The molecule has 0 aliphatic rings. The van der Waals surface area contributed by atoms with Crippen LogP contribution in [0, 0.1) is 0 Å². The van der Waals surface area contributed by atoms with Gasteiger partial charge in [0.2, 0.25) is 6.33 Å². The van der Waals surface area contributed by atoms with E-state index in [-0.39, 0.29) is 17.0 Å². The molecule has 1 heterocycles. The Labute approximate surface area is 79.7 Å². The fourth-order valence-corrected chi connectivity index (χ4v) is 1.89. The summed E-state index contributed by atoms with van der Waals surface area (Å²) >= 11 is 0. The highest BCUT2D eigenvalue weighted by Crippen LogP contribution is 2.02. The molecular weight excluding hydrogens is 220 g/mol. The van der Waals surface area contributed by atoms with Gasteiger partial charge in [0.1, 0.15) is 12.4 Å². The molecule has 0 unspecified atom stereocenters. The minimum Gasteiger partial charge on any atom is -1.00 e. The van der Waals surface area contributed by atoms with E-state index in [1.54, 1.807) is 0 Å². The van der Waals surface area contributed by atoms with Gasteiger partial charge in [0.05, 0.1) is 7.05 Å². The maximum Gasteiger partial charge on any atom is 0.257 e. The summed E-state index contributed by atoms with van der Waals surface area (Å²) < 4.78 is 4.41. The Hall–Kier alpha value is -0.0931. The number of imidazole rings is 1. The Morgan fingerprint density at radius 2 is 1.82 bits per heavy atom.